The third-order valence-corrected chi connectivity index (χ3v) is 5.80. The van der Waals surface area contributed by atoms with Gasteiger partial charge in [0.1, 0.15) is 24.0 Å². The maximum atomic E-state index is 12.6. The van der Waals surface area contributed by atoms with E-state index < -0.39 is 0 Å². The summed E-state index contributed by atoms with van der Waals surface area (Å²) in [6.45, 7) is 3.54. The van der Waals surface area contributed by atoms with Crippen LogP contribution in [0.4, 0.5) is 5.69 Å². The second-order valence-electron chi connectivity index (χ2n) is 6.27. The molecule has 29 heavy (non-hydrogen) atoms. The molecule has 0 fully saturated rings. The third-order valence-electron chi connectivity index (χ3n) is 4.22. The standard InChI is InChI=1S/C21H19BrN2O4S/c1-2-26-17-6-4-3-5-14(17)21-23-13(12-29-21)9-20(25)24-16-11-19-18(10-15(16)22)27-7-8-28-19/h3-6,10-12H,2,7-9H2,1H3,(H,24,25). The van der Waals surface area contributed by atoms with Crippen LogP contribution in [0.2, 0.25) is 0 Å². The molecule has 0 unspecified atom stereocenters. The summed E-state index contributed by atoms with van der Waals surface area (Å²) in [6.07, 6.45) is 0.175. The van der Waals surface area contributed by atoms with E-state index in [1.807, 2.05) is 36.6 Å². The van der Waals surface area contributed by atoms with Crippen LogP contribution in [-0.2, 0) is 11.2 Å². The van der Waals surface area contributed by atoms with Gasteiger partial charge in [-0.25, -0.2) is 4.98 Å². The molecular weight excluding hydrogens is 456 g/mol. The van der Waals surface area contributed by atoms with Crippen LogP contribution in [0, 0.1) is 0 Å². The van der Waals surface area contributed by atoms with Crippen LogP contribution in [0.5, 0.6) is 17.2 Å². The Bertz CT molecular complexity index is 1040. The first-order valence-electron chi connectivity index (χ1n) is 9.19. The molecule has 0 spiro atoms. The van der Waals surface area contributed by atoms with Crippen LogP contribution in [0.25, 0.3) is 10.6 Å². The highest BCUT2D eigenvalue weighted by atomic mass is 79.9. The zero-order chi connectivity index (χ0) is 20.2. The summed E-state index contributed by atoms with van der Waals surface area (Å²) in [5, 5.41) is 5.64. The number of amides is 1. The Labute approximate surface area is 181 Å². The highest BCUT2D eigenvalue weighted by Gasteiger charge is 2.17. The first-order valence-corrected chi connectivity index (χ1v) is 10.9. The van der Waals surface area contributed by atoms with Gasteiger partial charge in [-0.1, -0.05) is 12.1 Å². The van der Waals surface area contributed by atoms with Crippen molar-refractivity contribution >= 4 is 38.9 Å². The average molecular weight is 475 g/mol. The Kier molecular flexibility index (Phi) is 6.01. The number of ether oxygens (including phenoxy) is 3. The summed E-state index contributed by atoms with van der Waals surface area (Å²) in [7, 11) is 0. The molecule has 0 atom stereocenters. The molecule has 2 aromatic carbocycles. The Morgan fingerprint density at radius 1 is 1.24 bits per heavy atom. The van der Waals surface area contributed by atoms with E-state index in [-0.39, 0.29) is 12.3 Å². The van der Waals surface area contributed by atoms with Crippen molar-refractivity contribution in [1.29, 1.82) is 0 Å². The summed E-state index contributed by atoms with van der Waals surface area (Å²) in [6, 6.07) is 11.3. The first kappa shape index (κ1) is 19.7. The number of para-hydroxylation sites is 1. The predicted molar refractivity (Wildman–Crippen MR) is 116 cm³/mol. The molecule has 4 rings (SSSR count). The van der Waals surface area contributed by atoms with Crippen molar-refractivity contribution in [1.82, 2.24) is 4.98 Å². The highest BCUT2D eigenvalue weighted by molar-refractivity contribution is 9.10. The topological polar surface area (TPSA) is 69.7 Å². The molecule has 0 radical (unpaired) electrons. The predicted octanol–water partition coefficient (Wildman–Crippen LogP) is 4.92. The minimum Gasteiger partial charge on any atom is -0.493 e. The van der Waals surface area contributed by atoms with Crippen molar-refractivity contribution in [2.24, 2.45) is 0 Å². The fourth-order valence-corrected chi connectivity index (χ4v) is 4.23. The Morgan fingerprint density at radius 3 is 2.79 bits per heavy atom. The number of rotatable bonds is 6. The number of benzene rings is 2. The lowest BCUT2D eigenvalue weighted by molar-refractivity contribution is -0.115. The van der Waals surface area contributed by atoms with Gasteiger partial charge in [0.25, 0.3) is 0 Å². The maximum Gasteiger partial charge on any atom is 0.230 e. The lowest BCUT2D eigenvalue weighted by Gasteiger charge is -2.20. The molecule has 150 valence electrons. The first-order chi connectivity index (χ1) is 14.1. The molecular formula is C21H19BrN2O4S. The van der Waals surface area contributed by atoms with E-state index in [0.717, 1.165) is 20.8 Å². The number of halogens is 1. The monoisotopic (exact) mass is 474 g/mol. The summed E-state index contributed by atoms with van der Waals surface area (Å²) in [5.41, 5.74) is 2.28. The van der Waals surface area contributed by atoms with Crippen LogP contribution in [0.3, 0.4) is 0 Å². The third kappa shape index (κ3) is 4.54. The van der Waals surface area contributed by atoms with E-state index in [1.165, 1.54) is 11.3 Å². The summed E-state index contributed by atoms with van der Waals surface area (Å²) >= 11 is 4.96. The largest absolute Gasteiger partial charge is 0.493 e. The number of fused-ring (bicyclic) bond motifs is 1. The zero-order valence-corrected chi connectivity index (χ0v) is 18.1. The van der Waals surface area contributed by atoms with E-state index >= 15 is 0 Å². The van der Waals surface area contributed by atoms with Crippen molar-refractivity contribution in [2.45, 2.75) is 13.3 Å². The molecule has 1 aliphatic rings. The van der Waals surface area contributed by atoms with E-state index in [2.05, 4.69) is 26.2 Å². The van der Waals surface area contributed by atoms with Crippen LogP contribution >= 0.6 is 27.3 Å². The zero-order valence-electron chi connectivity index (χ0n) is 15.7. The van der Waals surface area contributed by atoms with Gasteiger partial charge in [-0.2, -0.15) is 0 Å². The van der Waals surface area contributed by atoms with Gasteiger partial charge in [-0.15, -0.1) is 11.3 Å². The number of nitrogens with one attached hydrogen (secondary N) is 1. The quantitative estimate of drug-likeness (QED) is 0.548. The van der Waals surface area contributed by atoms with Gasteiger partial charge < -0.3 is 19.5 Å². The SMILES string of the molecule is CCOc1ccccc1-c1nc(CC(=O)Nc2cc3c(cc2Br)OCCO3)cs1. The van der Waals surface area contributed by atoms with Crippen molar-refractivity contribution in [3.05, 3.63) is 51.9 Å². The molecule has 0 saturated carbocycles. The number of carbonyl (C=O) groups is 1. The average Bonchev–Trinajstić information content (AvgIpc) is 3.17. The van der Waals surface area contributed by atoms with Crippen LogP contribution in [0.1, 0.15) is 12.6 Å². The van der Waals surface area contributed by atoms with Crippen molar-refractivity contribution in [2.75, 3.05) is 25.1 Å². The number of aromatic nitrogens is 1. The second kappa shape index (κ2) is 8.84. The molecule has 2 heterocycles. The minimum absolute atomic E-state index is 0.155. The van der Waals surface area contributed by atoms with Crippen molar-refractivity contribution in [3.63, 3.8) is 0 Å². The molecule has 0 bridgehead atoms. The summed E-state index contributed by atoms with van der Waals surface area (Å²) < 4.78 is 17.5. The second-order valence-corrected chi connectivity index (χ2v) is 7.99. The van der Waals surface area contributed by atoms with Gasteiger partial charge in [0, 0.05) is 22.0 Å². The number of carbonyl (C=O) groups excluding carboxylic acids is 1. The number of thiazole rings is 1. The normalized spacial score (nSPS) is 12.5. The van der Waals surface area contributed by atoms with Crippen LogP contribution in [0.15, 0.2) is 46.3 Å². The Balaban J connectivity index is 1.46. The van der Waals surface area contributed by atoms with Gasteiger partial charge in [-0.3, -0.25) is 4.79 Å². The van der Waals surface area contributed by atoms with E-state index in [4.69, 9.17) is 14.2 Å². The summed E-state index contributed by atoms with van der Waals surface area (Å²) in [4.78, 5) is 17.2. The van der Waals surface area contributed by atoms with Gasteiger partial charge in [0.05, 0.1) is 30.0 Å². The van der Waals surface area contributed by atoms with Gasteiger partial charge in [-0.05, 0) is 35.0 Å². The lowest BCUT2D eigenvalue weighted by atomic mass is 10.2. The number of hydrogen-bond acceptors (Lipinski definition) is 6. The van der Waals surface area contributed by atoms with Gasteiger partial charge in [0.15, 0.2) is 11.5 Å². The van der Waals surface area contributed by atoms with Gasteiger partial charge >= 0.3 is 0 Å². The number of hydrogen-bond donors (Lipinski definition) is 1. The Hall–Kier alpha value is -2.58. The van der Waals surface area contributed by atoms with E-state index in [9.17, 15) is 4.79 Å². The van der Waals surface area contributed by atoms with Crippen molar-refractivity contribution < 1.29 is 19.0 Å². The molecule has 1 aliphatic heterocycles. The van der Waals surface area contributed by atoms with Crippen molar-refractivity contribution in [3.8, 4) is 27.8 Å². The minimum atomic E-state index is -0.155. The smallest absolute Gasteiger partial charge is 0.230 e. The number of anilines is 1. The van der Waals surface area contributed by atoms with Crippen LogP contribution < -0.4 is 19.5 Å². The molecule has 3 aromatic rings. The maximum absolute atomic E-state index is 12.6. The fraction of sp³-hybridized carbons (Fsp3) is 0.238. The summed E-state index contributed by atoms with van der Waals surface area (Å²) in [5.74, 6) is 1.93. The molecule has 0 aliphatic carbocycles. The van der Waals surface area contributed by atoms with E-state index in [0.29, 0.717) is 42.7 Å². The molecule has 8 heteroatoms. The Morgan fingerprint density at radius 2 is 2.00 bits per heavy atom. The molecule has 1 amide bonds. The fourth-order valence-electron chi connectivity index (χ4n) is 2.96. The van der Waals surface area contributed by atoms with Crippen LogP contribution in [-0.4, -0.2) is 30.7 Å². The highest BCUT2D eigenvalue weighted by Crippen LogP contribution is 2.38. The lowest BCUT2D eigenvalue weighted by Crippen LogP contribution is -2.17. The molecule has 1 aromatic heterocycles. The molecule has 1 N–H and O–H groups in total. The number of nitrogens with zero attached hydrogens (tertiary/aromatic N) is 1. The van der Waals surface area contributed by atoms with E-state index in [1.54, 1.807) is 12.1 Å². The molecule has 6 nitrogen and oxygen atoms in total. The molecule has 0 saturated heterocycles. The van der Waals surface area contributed by atoms with Gasteiger partial charge in [0.2, 0.25) is 5.91 Å².